The van der Waals surface area contributed by atoms with Crippen molar-refractivity contribution in [3.05, 3.63) is 46.4 Å². The van der Waals surface area contributed by atoms with Crippen LogP contribution < -0.4 is 0 Å². The van der Waals surface area contributed by atoms with Gasteiger partial charge in [0, 0.05) is 11.0 Å². The lowest BCUT2D eigenvalue weighted by Crippen LogP contribution is -1.90. The highest BCUT2D eigenvalue weighted by molar-refractivity contribution is 7.99. The summed E-state index contributed by atoms with van der Waals surface area (Å²) in [5.74, 6) is 0.699. The average molecular weight is 265 g/mol. The summed E-state index contributed by atoms with van der Waals surface area (Å²) in [5.41, 5.74) is 2.52. The molecular weight excluding hydrogens is 252 g/mol. The first-order valence-corrected chi connectivity index (χ1v) is 6.50. The van der Waals surface area contributed by atoms with Gasteiger partial charge in [-0.1, -0.05) is 41.1 Å². The standard InChI is InChI=1S/C13H13ClN2S/c1-8-4-5-11(9(2)6-8)17-13-7-12(14)15-10(3)16-13/h4-7H,1-3H3. The maximum Gasteiger partial charge on any atom is 0.133 e. The summed E-state index contributed by atoms with van der Waals surface area (Å²) in [6.45, 7) is 6.04. The van der Waals surface area contributed by atoms with E-state index in [4.69, 9.17) is 11.6 Å². The molecule has 0 N–H and O–H groups in total. The van der Waals surface area contributed by atoms with Crippen molar-refractivity contribution in [3.8, 4) is 0 Å². The fourth-order valence-electron chi connectivity index (χ4n) is 1.58. The van der Waals surface area contributed by atoms with E-state index in [1.165, 1.54) is 16.0 Å². The number of hydrogen-bond donors (Lipinski definition) is 0. The minimum Gasteiger partial charge on any atom is -0.226 e. The number of benzene rings is 1. The van der Waals surface area contributed by atoms with Crippen LogP contribution in [0.4, 0.5) is 0 Å². The van der Waals surface area contributed by atoms with Gasteiger partial charge in [0.05, 0.1) is 0 Å². The maximum atomic E-state index is 5.92. The summed E-state index contributed by atoms with van der Waals surface area (Å²) in [6, 6.07) is 8.17. The van der Waals surface area contributed by atoms with Crippen molar-refractivity contribution in [1.82, 2.24) is 9.97 Å². The normalized spacial score (nSPS) is 10.6. The Bertz CT molecular complexity index is 535. The fraction of sp³-hybridized carbons (Fsp3) is 0.231. The summed E-state index contributed by atoms with van der Waals surface area (Å²) >= 11 is 7.53. The monoisotopic (exact) mass is 264 g/mol. The predicted octanol–water partition coefficient (Wildman–Crippen LogP) is 4.21. The first kappa shape index (κ1) is 12.4. The molecule has 1 aromatic heterocycles. The third-order valence-corrected chi connectivity index (χ3v) is 3.62. The molecule has 2 nitrogen and oxygen atoms in total. The Morgan fingerprint density at radius 2 is 1.82 bits per heavy atom. The first-order chi connectivity index (χ1) is 8.04. The molecule has 0 unspecified atom stereocenters. The highest BCUT2D eigenvalue weighted by atomic mass is 35.5. The third kappa shape index (κ3) is 3.20. The topological polar surface area (TPSA) is 25.8 Å². The SMILES string of the molecule is Cc1ccc(Sc2cc(Cl)nc(C)n2)c(C)c1. The molecule has 2 aromatic rings. The molecule has 0 amide bonds. The second-order valence-electron chi connectivity index (χ2n) is 3.95. The Kier molecular flexibility index (Phi) is 3.69. The molecule has 0 saturated heterocycles. The fourth-order valence-corrected chi connectivity index (χ4v) is 2.80. The van der Waals surface area contributed by atoms with E-state index in [0.717, 1.165) is 5.03 Å². The zero-order valence-electron chi connectivity index (χ0n) is 9.99. The van der Waals surface area contributed by atoms with E-state index >= 15 is 0 Å². The van der Waals surface area contributed by atoms with E-state index in [2.05, 4.69) is 42.0 Å². The van der Waals surface area contributed by atoms with Crippen molar-refractivity contribution >= 4 is 23.4 Å². The van der Waals surface area contributed by atoms with Gasteiger partial charge in [-0.3, -0.25) is 0 Å². The Morgan fingerprint density at radius 3 is 2.47 bits per heavy atom. The number of hydrogen-bond acceptors (Lipinski definition) is 3. The van der Waals surface area contributed by atoms with Crippen molar-refractivity contribution in [2.45, 2.75) is 30.7 Å². The van der Waals surface area contributed by atoms with Gasteiger partial charge < -0.3 is 0 Å². The van der Waals surface area contributed by atoms with Crippen molar-refractivity contribution in [3.63, 3.8) is 0 Å². The van der Waals surface area contributed by atoms with Crippen LogP contribution in [0.15, 0.2) is 34.2 Å². The average Bonchev–Trinajstić information content (AvgIpc) is 2.21. The maximum absolute atomic E-state index is 5.92. The molecule has 0 atom stereocenters. The summed E-state index contributed by atoms with van der Waals surface area (Å²) in [5, 5.41) is 1.37. The van der Waals surface area contributed by atoms with Gasteiger partial charge in [-0.05, 0) is 32.4 Å². The minimum absolute atomic E-state index is 0.491. The van der Waals surface area contributed by atoms with E-state index in [-0.39, 0.29) is 0 Å². The molecule has 0 spiro atoms. The highest BCUT2D eigenvalue weighted by Crippen LogP contribution is 2.30. The quantitative estimate of drug-likeness (QED) is 0.760. The molecule has 17 heavy (non-hydrogen) atoms. The van der Waals surface area contributed by atoms with Crippen LogP contribution in [0.3, 0.4) is 0 Å². The molecule has 88 valence electrons. The van der Waals surface area contributed by atoms with Crippen molar-refractivity contribution in [1.29, 1.82) is 0 Å². The third-order valence-electron chi connectivity index (χ3n) is 2.33. The van der Waals surface area contributed by atoms with E-state index in [1.54, 1.807) is 17.8 Å². The van der Waals surface area contributed by atoms with Crippen molar-refractivity contribution in [2.75, 3.05) is 0 Å². The number of nitrogens with zero attached hydrogens (tertiary/aromatic N) is 2. The Balaban J connectivity index is 2.31. The molecule has 1 heterocycles. The summed E-state index contributed by atoms with van der Waals surface area (Å²) in [6.07, 6.45) is 0. The van der Waals surface area contributed by atoms with E-state index in [0.29, 0.717) is 11.0 Å². The lowest BCUT2D eigenvalue weighted by Gasteiger charge is -2.06. The lowest BCUT2D eigenvalue weighted by atomic mass is 10.2. The number of halogens is 1. The van der Waals surface area contributed by atoms with Crippen LogP contribution in [0, 0.1) is 20.8 Å². The van der Waals surface area contributed by atoms with Crippen LogP contribution in [0.2, 0.25) is 5.15 Å². The van der Waals surface area contributed by atoms with E-state index in [1.807, 2.05) is 6.92 Å². The zero-order chi connectivity index (χ0) is 12.4. The van der Waals surface area contributed by atoms with Crippen LogP contribution in [-0.2, 0) is 0 Å². The molecule has 0 saturated carbocycles. The van der Waals surface area contributed by atoms with Gasteiger partial charge in [0.2, 0.25) is 0 Å². The van der Waals surface area contributed by atoms with Gasteiger partial charge in [0.25, 0.3) is 0 Å². The molecule has 0 bridgehead atoms. The van der Waals surface area contributed by atoms with Gasteiger partial charge in [0.1, 0.15) is 16.0 Å². The zero-order valence-corrected chi connectivity index (χ0v) is 11.6. The molecule has 0 aliphatic heterocycles. The van der Waals surface area contributed by atoms with Crippen molar-refractivity contribution in [2.24, 2.45) is 0 Å². The van der Waals surface area contributed by atoms with Crippen LogP contribution in [0.5, 0.6) is 0 Å². The molecule has 0 radical (unpaired) electrons. The van der Waals surface area contributed by atoms with Gasteiger partial charge in [0.15, 0.2) is 0 Å². The second kappa shape index (κ2) is 5.07. The second-order valence-corrected chi connectivity index (χ2v) is 5.40. The van der Waals surface area contributed by atoms with Gasteiger partial charge in [-0.25, -0.2) is 9.97 Å². The Morgan fingerprint density at radius 1 is 1.06 bits per heavy atom. The molecular formula is C13H13ClN2S. The number of rotatable bonds is 2. The summed E-state index contributed by atoms with van der Waals surface area (Å²) in [7, 11) is 0. The smallest absolute Gasteiger partial charge is 0.133 e. The van der Waals surface area contributed by atoms with Crippen LogP contribution >= 0.6 is 23.4 Å². The minimum atomic E-state index is 0.491. The van der Waals surface area contributed by atoms with Gasteiger partial charge >= 0.3 is 0 Å². The van der Waals surface area contributed by atoms with Crippen molar-refractivity contribution < 1.29 is 0 Å². The van der Waals surface area contributed by atoms with Gasteiger partial charge in [-0.15, -0.1) is 0 Å². The van der Waals surface area contributed by atoms with E-state index < -0.39 is 0 Å². The van der Waals surface area contributed by atoms with E-state index in [9.17, 15) is 0 Å². The molecule has 1 aromatic carbocycles. The van der Waals surface area contributed by atoms with Crippen LogP contribution in [0.25, 0.3) is 0 Å². The van der Waals surface area contributed by atoms with Crippen LogP contribution in [-0.4, -0.2) is 9.97 Å². The number of aromatic nitrogens is 2. The number of aryl methyl sites for hydroxylation is 3. The molecule has 0 aliphatic rings. The highest BCUT2D eigenvalue weighted by Gasteiger charge is 2.05. The predicted molar refractivity (Wildman–Crippen MR) is 71.8 cm³/mol. The Labute approximate surface area is 110 Å². The molecule has 2 rings (SSSR count). The lowest BCUT2D eigenvalue weighted by molar-refractivity contribution is 0.967. The summed E-state index contributed by atoms with van der Waals surface area (Å²) < 4.78 is 0. The molecule has 0 fully saturated rings. The Hall–Kier alpha value is -1.06. The molecule has 4 heteroatoms. The summed E-state index contributed by atoms with van der Waals surface area (Å²) in [4.78, 5) is 9.61. The first-order valence-electron chi connectivity index (χ1n) is 5.31. The largest absolute Gasteiger partial charge is 0.226 e. The van der Waals surface area contributed by atoms with Gasteiger partial charge in [-0.2, -0.15) is 0 Å². The van der Waals surface area contributed by atoms with Crippen LogP contribution in [0.1, 0.15) is 17.0 Å². The molecule has 0 aliphatic carbocycles.